The van der Waals surface area contributed by atoms with E-state index in [1.54, 1.807) is 0 Å². The van der Waals surface area contributed by atoms with Crippen LogP contribution in [0.2, 0.25) is 0 Å². The standard InChI is InChI=1S/C9H13NS/c1-3-4-5-6-7-8-10-9(2)11/h3-8H,1-2H3,(H,10,11)/b4-3-,6-5-,8-7+. The van der Waals surface area contributed by atoms with Crippen LogP contribution in [0.4, 0.5) is 0 Å². The van der Waals surface area contributed by atoms with E-state index in [0.717, 1.165) is 4.99 Å². The summed E-state index contributed by atoms with van der Waals surface area (Å²) in [5.74, 6) is 0. The van der Waals surface area contributed by atoms with Crippen LogP contribution in [-0.4, -0.2) is 4.99 Å². The number of nitrogens with one attached hydrogen (secondary N) is 1. The van der Waals surface area contributed by atoms with E-state index in [1.165, 1.54) is 0 Å². The SMILES string of the molecule is C\C=C/C=C\C=C\NC(C)=S. The minimum absolute atomic E-state index is 0.778. The van der Waals surface area contributed by atoms with Crippen LogP contribution in [0.5, 0.6) is 0 Å². The summed E-state index contributed by atoms with van der Waals surface area (Å²) in [5.41, 5.74) is 0. The summed E-state index contributed by atoms with van der Waals surface area (Å²) in [6.07, 6.45) is 11.5. The monoisotopic (exact) mass is 167 g/mol. The van der Waals surface area contributed by atoms with Gasteiger partial charge in [0.05, 0.1) is 4.99 Å². The molecule has 0 unspecified atom stereocenters. The molecular weight excluding hydrogens is 154 g/mol. The maximum atomic E-state index is 4.80. The first-order chi connectivity index (χ1) is 5.27. The highest BCUT2D eigenvalue weighted by atomic mass is 32.1. The summed E-state index contributed by atoms with van der Waals surface area (Å²) in [5, 5.41) is 2.90. The Morgan fingerprint density at radius 3 is 2.36 bits per heavy atom. The number of rotatable bonds is 3. The second kappa shape index (κ2) is 7.22. The minimum Gasteiger partial charge on any atom is -0.357 e. The molecule has 0 aliphatic rings. The fourth-order valence-electron chi connectivity index (χ4n) is 0.460. The van der Waals surface area contributed by atoms with Gasteiger partial charge < -0.3 is 5.32 Å². The molecule has 0 heterocycles. The Kier molecular flexibility index (Phi) is 6.64. The molecule has 0 aliphatic carbocycles. The van der Waals surface area contributed by atoms with E-state index in [4.69, 9.17) is 12.2 Å². The maximum Gasteiger partial charge on any atom is 0.0761 e. The van der Waals surface area contributed by atoms with Gasteiger partial charge in [0.1, 0.15) is 0 Å². The fourth-order valence-corrected chi connectivity index (χ4v) is 0.528. The average molecular weight is 167 g/mol. The molecule has 0 fully saturated rings. The van der Waals surface area contributed by atoms with Crippen molar-refractivity contribution < 1.29 is 0 Å². The molecule has 0 spiro atoms. The second-order valence-electron chi connectivity index (χ2n) is 1.97. The van der Waals surface area contributed by atoms with Gasteiger partial charge in [-0.1, -0.05) is 36.5 Å². The molecule has 1 N–H and O–H groups in total. The number of thiocarbonyl (C=S) groups is 1. The summed E-state index contributed by atoms with van der Waals surface area (Å²) in [6, 6.07) is 0. The van der Waals surface area contributed by atoms with Crippen molar-refractivity contribution in [2.24, 2.45) is 0 Å². The predicted octanol–water partition coefficient (Wildman–Crippen LogP) is 2.57. The molecule has 0 amide bonds. The van der Waals surface area contributed by atoms with Crippen molar-refractivity contribution in [2.75, 3.05) is 0 Å². The number of hydrogen-bond acceptors (Lipinski definition) is 1. The molecule has 1 nitrogen and oxygen atoms in total. The van der Waals surface area contributed by atoms with Crippen molar-refractivity contribution in [1.29, 1.82) is 0 Å². The van der Waals surface area contributed by atoms with Crippen molar-refractivity contribution in [3.05, 3.63) is 36.6 Å². The van der Waals surface area contributed by atoms with Crippen LogP contribution >= 0.6 is 12.2 Å². The topological polar surface area (TPSA) is 12.0 Å². The van der Waals surface area contributed by atoms with Crippen LogP contribution in [-0.2, 0) is 0 Å². The maximum absolute atomic E-state index is 4.80. The van der Waals surface area contributed by atoms with Gasteiger partial charge in [-0.2, -0.15) is 0 Å². The van der Waals surface area contributed by atoms with E-state index in [9.17, 15) is 0 Å². The molecule has 0 atom stereocenters. The summed E-state index contributed by atoms with van der Waals surface area (Å²) < 4.78 is 0. The molecule has 0 aromatic heterocycles. The Hall–Kier alpha value is -0.890. The Bertz CT molecular complexity index is 190. The average Bonchev–Trinajstić information content (AvgIpc) is 1.96. The van der Waals surface area contributed by atoms with Gasteiger partial charge in [-0.15, -0.1) is 0 Å². The Balaban J connectivity index is 3.51. The molecule has 0 saturated heterocycles. The van der Waals surface area contributed by atoms with E-state index in [0.29, 0.717) is 0 Å². The summed E-state index contributed by atoms with van der Waals surface area (Å²) in [4.78, 5) is 0.778. The van der Waals surface area contributed by atoms with Gasteiger partial charge in [0.15, 0.2) is 0 Å². The molecule has 0 saturated carbocycles. The van der Waals surface area contributed by atoms with Crippen molar-refractivity contribution in [3.8, 4) is 0 Å². The third-order valence-corrected chi connectivity index (χ3v) is 1.03. The highest BCUT2D eigenvalue weighted by molar-refractivity contribution is 7.80. The van der Waals surface area contributed by atoms with E-state index >= 15 is 0 Å². The Morgan fingerprint density at radius 1 is 1.18 bits per heavy atom. The lowest BCUT2D eigenvalue weighted by Gasteiger charge is -1.90. The van der Waals surface area contributed by atoms with Gasteiger partial charge >= 0.3 is 0 Å². The first kappa shape index (κ1) is 10.1. The molecule has 60 valence electrons. The van der Waals surface area contributed by atoms with Gasteiger partial charge in [0.2, 0.25) is 0 Å². The van der Waals surface area contributed by atoms with Gasteiger partial charge in [-0.05, 0) is 19.9 Å². The number of allylic oxidation sites excluding steroid dienone is 5. The molecular formula is C9H13NS. The summed E-state index contributed by atoms with van der Waals surface area (Å²) >= 11 is 4.80. The normalized spacial score (nSPS) is 11.8. The van der Waals surface area contributed by atoms with E-state index in [1.807, 2.05) is 50.4 Å². The van der Waals surface area contributed by atoms with E-state index < -0.39 is 0 Å². The van der Waals surface area contributed by atoms with Crippen LogP contribution in [0.15, 0.2) is 36.6 Å². The van der Waals surface area contributed by atoms with Crippen LogP contribution < -0.4 is 5.32 Å². The molecule has 0 aromatic rings. The highest BCUT2D eigenvalue weighted by Gasteiger charge is 1.73. The largest absolute Gasteiger partial charge is 0.357 e. The van der Waals surface area contributed by atoms with Gasteiger partial charge in [-0.3, -0.25) is 0 Å². The molecule has 0 bridgehead atoms. The molecule has 0 rings (SSSR count). The van der Waals surface area contributed by atoms with Gasteiger partial charge in [0.25, 0.3) is 0 Å². The van der Waals surface area contributed by atoms with Crippen molar-refractivity contribution >= 4 is 17.2 Å². The van der Waals surface area contributed by atoms with Gasteiger partial charge in [-0.25, -0.2) is 0 Å². The van der Waals surface area contributed by atoms with Crippen molar-refractivity contribution in [1.82, 2.24) is 5.32 Å². The molecule has 0 aliphatic heterocycles. The minimum atomic E-state index is 0.778. The van der Waals surface area contributed by atoms with Crippen molar-refractivity contribution in [2.45, 2.75) is 13.8 Å². The predicted molar refractivity (Wildman–Crippen MR) is 54.5 cm³/mol. The Labute approximate surface area is 73.5 Å². The third kappa shape index (κ3) is 9.11. The lowest BCUT2D eigenvalue weighted by atomic mass is 10.4. The highest BCUT2D eigenvalue weighted by Crippen LogP contribution is 1.78. The Morgan fingerprint density at radius 2 is 1.82 bits per heavy atom. The smallest absolute Gasteiger partial charge is 0.0761 e. The van der Waals surface area contributed by atoms with Gasteiger partial charge in [0, 0.05) is 6.20 Å². The second-order valence-corrected chi connectivity index (χ2v) is 2.58. The lowest BCUT2D eigenvalue weighted by Crippen LogP contribution is -2.08. The summed E-state index contributed by atoms with van der Waals surface area (Å²) in [7, 11) is 0. The van der Waals surface area contributed by atoms with Crippen LogP contribution in [0.1, 0.15) is 13.8 Å². The van der Waals surface area contributed by atoms with Crippen LogP contribution in [0, 0.1) is 0 Å². The lowest BCUT2D eigenvalue weighted by molar-refractivity contribution is 1.30. The van der Waals surface area contributed by atoms with Crippen molar-refractivity contribution in [3.63, 3.8) is 0 Å². The fraction of sp³-hybridized carbons (Fsp3) is 0.222. The molecule has 0 radical (unpaired) electrons. The van der Waals surface area contributed by atoms with E-state index in [2.05, 4.69) is 5.32 Å². The first-order valence-corrected chi connectivity index (χ1v) is 3.90. The first-order valence-electron chi connectivity index (χ1n) is 3.49. The van der Waals surface area contributed by atoms with E-state index in [-0.39, 0.29) is 0 Å². The zero-order chi connectivity index (χ0) is 8.53. The molecule has 2 heteroatoms. The van der Waals surface area contributed by atoms with Crippen LogP contribution in [0.25, 0.3) is 0 Å². The zero-order valence-electron chi connectivity index (χ0n) is 6.87. The summed E-state index contributed by atoms with van der Waals surface area (Å²) in [6.45, 7) is 3.82. The number of hydrogen-bond donors (Lipinski definition) is 1. The molecule has 0 aromatic carbocycles. The quantitative estimate of drug-likeness (QED) is 0.512. The molecule has 11 heavy (non-hydrogen) atoms. The van der Waals surface area contributed by atoms with Crippen LogP contribution in [0.3, 0.4) is 0 Å². The zero-order valence-corrected chi connectivity index (χ0v) is 7.69. The third-order valence-electron chi connectivity index (χ3n) is 0.909.